The molecular weight excluding hydrogens is 308 g/mol. The Morgan fingerprint density at radius 3 is 2.50 bits per heavy atom. The third-order valence-corrected chi connectivity index (χ3v) is 4.72. The summed E-state index contributed by atoms with van der Waals surface area (Å²) in [6.45, 7) is 4.04. The summed E-state index contributed by atoms with van der Waals surface area (Å²) in [4.78, 5) is 38.4. The minimum atomic E-state index is -0.434. The Morgan fingerprint density at radius 2 is 1.75 bits per heavy atom. The van der Waals surface area contributed by atoms with Crippen molar-refractivity contribution in [2.45, 2.75) is 19.3 Å². The van der Waals surface area contributed by atoms with Crippen molar-refractivity contribution in [1.82, 2.24) is 19.8 Å². The summed E-state index contributed by atoms with van der Waals surface area (Å²) in [5.74, 6) is 0.715. The van der Waals surface area contributed by atoms with Gasteiger partial charge in [0.1, 0.15) is 0 Å². The summed E-state index contributed by atoms with van der Waals surface area (Å²) in [5.41, 5.74) is 5.36. The van der Waals surface area contributed by atoms with Crippen LogP contribution in [0.3, 0.4) is 0 Å². The van der Waals surface area contributed by atoms with Crippen molar-refractivity contribution < 1.29 is 9.59 Å². The van der Waals surface area contributed by atoms with E-state index in [0.29, 0.717) is 25.6 Å². The molecule has 2 aliphatic rings. The number of carbonyl (C=O) groups excluding carboxylic acids is 2. The van der Waals surface area contributed by atoms with Crippen LogP contribution >= 0.6 is 0 Å². The van der Waals surface area contributed by atoms with E-state index >= 15 is 0 Å². The lowest BCUT2D eigenvalue weighted by Gasteiger charge is -2.33. The smallest absolute Gasteiger partial charge is 0.314 e. The van der Waals surface area contributed by atoms with E-state index in [9.17, 15) is 9.59 Å². The number of hydrogen-bond acceptors (Lipinski definition) is 5. The Hall–Kier alpha value is -2.38. The average Bonchev–Trinajstić information content (AvgIpc) is 2.88. The molecule has 2 fully saturated rings. The van der Waals surface area contributed by atoms with Gasteiger partial charge >= 0.3 is 6.03 Å². The van der Waals surface area contributed by atoms with E-state index in [4.69, 9.17) is 5.73 Å². The van der Waals surface area contributed by atoms with Gasteiger partial charge in [-0.15, -0.1) is 0 Å². The number of nitrogens with zero attached hydrogens (tertiary/aromatic N) is 5. The van der Waals surface area contributed by atoms with E-state index in [2.05, 4.69) is 14.9 Å². The third-order valence-electron chi connectivity index (χ3n) is 4.72. The van der Waals surface area contributed by atoms with Gasteiger partial charge < -0.3 is 20.4 Å². The van der Waals surface area contributed by atoms with E-state index in [1.54, 1.807) is 23.4 Å². The third kappa shape index (κ3) is 3.74. The molecule has 1 unspecified atom stereocenters. The van der Waals surface area contributed by atoms with Gasteiger partial charge in [0.25, 0.3) is 0 Å². The average molecular weight is 332 g/mol. The van der Waals surface area contributed by atoms with Gasteiger partial charge in [-0.1, -0.05) is 0 Å². The normalized spacial score (nSPS) is 22.2. The Labute approximate surface area is 141 Å². The molecule has 0 bridgehead atoms. The number of rotatable bonds is 2. The summed E-state index contributed by atoms with van der Waals surface area (Å²) in [6.07, 6.45) is 6.01. The molecule has 0 radical (unpaired) electrons. The number of piperidine rings is 1. The van der Waals surface area contributed by atoms with Crippen LogP contribution in [0, 0.1) is 5.92 Å². The van der Waals surface area contributed by atoms with Crippen LogP contribution in [0.1, 0.15) is 19.3 Å². The van der Waals surface area contributed by atoms with E-state index in [-0.39, 0.29) is 11.8 Å². The van der Waals surface area contributed by atoms with Crippen LogP contribution < -0.4 is 10.6 Å². The maximum atomic E-state index is 12.8. The molecule has 130 valence electrons. The number of aromatic nitrogens is 2. The maximum Gasteiger partial charge on any atom is 0.314 e. The fraction of sp³-hybridized carbons (Fsp3) is 0.625. The van der Waals surface area contributed by atoms with Crippen LogP contribution in [0.15, 0.2) is 18.5 Å². The number of carbonyl (C=O) groups is 2. The first-order valence-electron chi connectivity index (χ1n) is 8.50. The first-order valence-corrected chi connectivity index (χ1v) is 8.50. The summed E-state index contributed by atoms with van der Waals surface area (Å²) < 4.78 is 0. The highest BCUT2D eigenvalue weighted by atomic mass is 16.2. The van der Waals surface area contributed by atoms with Gasteiger partial charge in [0.2, 0.25) is 11.9 Å². The van der Waals surface area contributed by atoms with Crippen molar-refractivity contribution in [2.24, 2.45) is 11.7 Å². The molecule has 1 aromatic rings. The molecule has 24 heavy (non-hydrogen) atoms. The molecule has 0 aliphatic carbocycles. The first-order chi connectivity index (χ1) is 11.6. The van der Waals surface area contributed by atoms with Gasteiger partial charge in [-0.2, -0.15) is 0 Å². The monoisotopic (exact) mass is 332 g/mol. The Morgan fingerprint density at radius 1 is 1.00 bits per heavy atom. The zero-order valence-electron chi connectivity index (χ0n) is 13.8. The van der Waals surface area contributed by atoms with Crippen LogP contribution in [-0.2, 0) is 4.79 Å². The van der Waals surface area contributed by atoms with Crippen LogP contribution in [0.4, 0.5) is 10.7 Å². The molecule has 8 heteroatoms. The standard InChI is InChI=1S/C16H24N6O2/c17-15(24)22-7-1-4-13(12-22)14(23)20-8-3-9-21(11-10-20)16-18-5-2-6-19-16/h2,5-6,13H,1,3-4,7-12H2,(H2,17,24). The number of anilines is 1. The SMILES string of the molecule is NC(=O)N1CCCC(C(=O)N2CCCN(c3ncccn3)CC2)C1. The molecule has 0 saturated carbocycles. The zero-order chi connectivity index (χ0) is 16.9. The summed E-state index contributed by atoms with van der Waals surface area (Å²) in [5, 5.41) is 0. The van der Waals surface area contributed by atoms with Crippen molar-refractivity contribution in [3.8, 4) is 0 Å². The first kappa shape index (κ1) is 16.5. The van der Waals surface area contributed by atoms with Crippen LogP contribution in [0.5, 0.6) is 0 Å². The summed E-state index contributed by atoms with van der Waals surface area (Å²) in [6, 6.07) is 1.36. The maximum absolute atomic E-state index is 12.8. The molecule has 3 heterocycles. The predicted octanol–water partition coefficient (Wildman–Crippen LogP) is 0.306. The Bertz CT molecular complexity index is 581. The Balaban J connectivity index is 1.59. The number of likely N-dealkylation sites (tertiary alicyclic amines) is 1. The lowest BCUT2D eigenvalue weighted by molar-refractivity contribution is -0.136. The van der Waals surface area contributed by atoms with Crippen LogP contribution in [0.2, 0.25) is 0 Å². The number of hydrogen-bond donors (Lipinski definition) is 1. The summed E-state index contributed by atoms with van der Waals surface area (Å²) >= 11 is 0. The zero-order valence-corrected chi connectivity index (χ0v) is 13.8. The number of urea groups is 1. The van der Waals surface area contributed by atoms with Gasteiger partial charge in [0, 0.05) is 51.7 Å². The largest absolute Gasteiger partial charge is 0.351 e. The molecule has 2 aliphatic heterocycles. The van der Waals surface area contributed by atoms with Gasteiger partial charge in [-0.05, 0) is 25.3 Å². The molecule has 2 saturated heterocycles. The fourth-order valence-electron chi connectivity index (χ4n) is 3.43. The molecular formula is C16H24N6O2. The molecule has 0 aromatic carbocycles. The number of nitrogens with two attached hydrogens (primary N) is 1. The molecule has 3 rings (SSSR count). The van der Waals surface area contributed by atoms with Crippen molar-refractivity contribution in [2.75, 3.05) is 44.2 Å². The highest BCUT2D eigenvalue weighted by molar-refractivity contribution is 5.80. The van der Waals surface area contributed by atoms with E-state index < -0.39 is 6.03 Å². The second-order valence-corrected chi connectivity index (χ2v) is 6.34. The van der Waals surface area contributed by atoms with Gasteiger partial charge in [-0.25, -0.2) is 14.8 Å². The van der Waals surface area contributed by atoms with Gasteiger partial charge in [0.15, 0.2) is 0 Å². The van der Waals surface area contributed by atoms with Gasteiger partial charge in [-0.3, -0.25) is 4.79 Å². The molecule has 3 amide bonds. The highest BCUT2D eigenvalue weighted by Gasteiger charge is 2.31. The molecule has 0 spiro atoms. The quantitative estimate of drug-likeness (QED) is 0.841. The minimum absolute atomic E-state index is 0.134. The summed E-state index contributed by atoms with van der Waals surface area (Å²) in [7, 11) is 0. The predicted molar refractivity (Wildman–Crippen MR) is 89.3 cm³/mol. The van der Waals surface area contributed by atoms with Crippen molar-refractivity contribution in [1.29, 1.82) is 0 Å². The highest BCUT2D eigenvalue weighted by Crippen LogP contribution is 2.20. The van der Waals surface area contributed by atoms with Crippen molar-refractivity contribution in [3.05, 3.63) is 18.5 Å². The van der Waals surface area contributed by atoms with Crippen LogP contribution in [-0.4, -0.2) is 71.0 Å². The number of primary amides is 1. The number of amides is 3. The van der Waals surface area contributed by atoms with E-state index in [1.807, 2.05) is 4.90 Å². The molecule has 1 atom stereocenters. The Kier molecular flexibility index (Phi) is 5.12. The van der Waals surface area contributed by atoms with Crippen molar-refractivity contribution >= 4 is 17.9 Å². The topological polar surface area (TPSA) is 95.7 Å². The molecule has 2 N–H and O–H groups in total. The van der Waals surface area contributed by atoms with Crippen molar-refractivity contribution in [3.63, 3.8) is 0 Å². The minimum Gasteiger partial charge on any atom is -0.351 e. The lowest BCUT2D eigenvalue weighted by Crippen LogP contribution is -2.49. The van der Waals surface area contributed by atoms with Gasteiger partial charge in [0.05, 0.1) is 5.92 Å². The second-order valence-electron chi connectivity index (χ2n) is 6.34. The second kappa shape index (κ2) is 7.46. The van der Waals surface area contributed by atoms with E-state index in [0.717, 1.165) is 38.9 Å². The lowest BCUT2D eigenvalue weighted by atomic mass is 9.96. The van der Waals surface area contributed by atoms with E-state index in [1.165, 1.54) is 0 Å². The fourth-order valence-corrected chi connectivity index (χ4v) is 3.43. The van der Waals surface area contributed by atoms with Crippen LogP contribution in [0.25, 0.3) is 0 Å². The molecule has 1 aromatic heterocycles. The molecule has 8 nitrogen and oxygen atoms in total.